The van der Waals surface area contributed by atoms with E-state index in [-0.39, 0.29) is 5.56 Å². The molecular weight excluding hydrogens is 210 g/mol. The number of halogens is 1. The van der Waals surface area contributed by atoms with E-state index in [1.165, 1.54) is 17.5 Å². The summed E-state index contributed by atoms with van der Waals surface area (Å²) in [5.41, 5.74) is 0.674. The molecule has 0 unspecified atom stereocenters. The number of thiophene rings is 1. The number of hydrogen-bond acceptors (Lipinski definition) is 3. The van der Waals surface area contributed by atoms with Gasteiger partial charge in [0, 0.05) is 11.6 Å². The first-order valence-electron chi connectivity index (χ1n) is 3.45. The maximum Gasteiger partial charge on any atom is 0.338 e. The van der Waals surface area contributed by atoms with Gasteiger partial charge < -0.3 is 5.11 Å². The van der Waals surface area contributed by atoms with E-state index in [0.29, 0.717) is 10.5 Å². The van der Waals surface area contributed by atoms with Crippen LogP contribution in [0.5, 0.6) is 0 Å². The van der Waals surface area contributed by atoms with Crippen LogP contribution in [-0.2, 0) is 0 Å². The molecule has 5 heteroatoms. The van der Waals surface area contributed by atoms with E-state index in [0.717, 1.165) is 4.70 Å². The fourth-order valence-electron chi connectivity index (χ4n) is 1.05. The quantitative estimate of drug-likeness (QED) is 0.792. The third kappa shape index (κ3) is 1.28. The first-order chi connectivity index (χ1) is 6.20. The van der Waals surface area contributed by atoms with E-state index in [2.05, 4.69) is 4.98 Å². The lowest BCUT2D eigenvalue weighted by Gasteiger charge is -1.92. The summed E-state index contributed by atoms with van der Waals surface area (Å²) in [6.07, 6.45) is 1.50. The van der Waals surface area contributed by atoms with Gasteiger partial charge in [-0.05, 0) is 6.07 Å². The van der Waals surface area contributed by atoms with E-state index in [4.69, 9.17) is 16.7 Å². The monoisotopic (exact) mass is 213 g/mol. The number of pyridine rings is 1. The molecule has 66 valence electrons. The number of carboxylic acid groups (broad SMARTS) is 1. The highest BCUT2D eigenvalue weighted by Crippen LogP contribution is 2.29. The number of carboxylic acids is 1. The molecule has 2 rings (SSSR count). The Bertz CT molecular complexity index is 480. The van der Waals surface area contributed by atoms with E-state index in [1.807, 2.05) is 0 Å². The molecular formula is C8H4ClNO2S. The van der Waals surface area contributed by atoms with E-state index in [9.17, 15) is 4.79 Å². The number of rotatable bonds is 1. The molecule has 3 nitrogen and oxygen atoms in total. The van der Waals surface area contributed by atoms with Crippen molar-refractivity contribution in [1.82, 2.24) is 4.98 Å². The minimum Gasteiger partial charge on any atom is -0.478 e. The van der Waals surface area contributed by atoms with Crippen molar-refractivity contribution in [2.45, 2.75) is 0 Å². The number of nitrogens with zero attached hydrogens (tertiary/aromatic N) is 1. The van der Waals surface area contributed by atoms with Gasteiger partial charge in [0.05, 0.1) is 20.8 Å². The number of aromatic nitrogens is 1. The Hall–Kier alpha value is -1.13. The molecule has 2 aromatic heterocycles. The topological polar surface area (TPSA) is 50.2 Å². The molecule has 0 aliphatic heterocycles. The predicted molar refractivity (Wildman–Crippen MR) is 51.6 cm³/mol. The maximum atomic E-state index is 10.7. The largest absolute Gasteiger partial charge is 0.478 e. The van der Waals surface area contributed by atoms with Crippen LogP contribution in [0.25, 0.3) is 10.2 Å². The Morgan fingerprint density at radius 3 is 3.08 bits per heavy atom. The molecule has 0 fully saturated rings. The third-order valence-electron chi connectivity index (χ3n) is 1.64. The summed E-state index contributed by atoms with van der Waals surface area (Å²) in [6.45, 7) is 0. The molecule has 0 aromatic carbocycles. The van der Waals surface area contributed by atoms with Crippen molar-refractivity contribution in [2.75, 3.05) is 0 Å². The van der Waals surface area contributed by atoms with Gasteiger partial charge in [0.1, 0.15) is 0 Å². The zero-order valence-electron chi connectivity index (χ0n) is 6.32. The van der Waals surface area contributed by atoms with E-state index < -0.39 is 5.97 Å². The second kappa shape index (κ2) is 2.97. The molecule has 0 aliphatic carbocycles. The molecule has 0 spiro atoms. The third-order valence-corrected chi connectivity index (χ3v) is 3.07. The first kappa shape index (κ1) is 8.47. The highest BCUT2D eigenvalue weighted by Gasteiger charge is 2.13. The summed E-state index contributed by atoms with van der Waals surface area (Å²) in [5.74, 6) is -0.971. The van der Waals surface area contributed by atoms with Gasteiger partial charge in [-0.3, -0.25) is 4.98 Å². The van der Waals surface area contributed by atoms with Crippen molar-refractivity contribution in [3.8, 4) is 0 Å². The smallest absolute Gasteiger partial charge is 0.338 e. The Labute approximate surface area is 82.6 Å². The average molecular weight is 214 g/mol. The molecule has 0 bridgehead atoms. The van der Waals surface area contributed by atoms with E-state index >= 15 is 0 Å². The summed E-state index contributed by atoms with van der Waals surface area (Å²) < 4.78 is 0.724. The summed E-state index contributed by atoms with van der Waals surface area (Å²) in [6, 6.07) is 1.64. The molecule has 2 heterocycles. The molecule has 13 heavy (non-hydrogen) atoms. The summed E-state index contributed by atoms with van der Waals surface area (Å²) in [7, 11) is 0. The standard InChI is InChI=1S/C8H4ClNO2S/c9-5-1-2-10-6-4(8(11)12)3-13-7(5)6/h1-3H,(H,11,12). The second-order valence-electron chi connectivity index (χ2n) is 2.43. The van der Waals surface area contributed by atoms with Gasteiger partial charge in [-0.2, -0.15) is 0 Å². The van der Waals surface area contributed by atoms with Crippen LogP contribution in [-0.4, -0.2) is 16.1 Å². The Kier molecular flexibility index (Phi) is 1.94. The van der Waals surface area contributed by atoms with Crippen LogP contribution in [0.1, 0.15) is 10.4 Å². The predicted octanol–water partition coefficient (Wildman–Crippen LogP) is 2.65. The number of aromatic carboxylic acids is 1. The SMILES string of the molecule is O=C(O)c1csc2c(Cl)ccnc12. The summed E-state index contributed by atoms with van der Waals surface area (Å²) in [5, 5.41) is 10.9. The normalized spacial score (nSPS) is 10.5. The minimum absolute atomic E-state index is 0.211. The zero-order valence-corrected chi connectivity index (χ0v) is 7.89. The Morgan fingerprint density at radius 2 is 2.38 bits per heavy atom. The molecule has 2 aromatic rings. The van der Waals surface area contributed by atoms with Gasteiger partial charge in [0.2, 0.25) is 0 Å². The van der Waals surface area contributed by atoms with Gasteiger partial charge in [0.15, 0.2) is 0 Å². The lowest BCUT2D eigenvalue weighted by atomic mass is 10.3. The van der Waals surface area contributed by atoms with Crippen LogP contribution >= 0.6 is 22.9 Å². The fourth-order valence-corrected chi connectivity index (χ4v) is 2.24. The van der Waals surface area contributed by atoms with Crippen molar-refractivity contribution < 1.29 is 9.90 Å². The van der Waals surface area contributed by atoms with Gasteiger partial charge >= 0.3 is 5.97 Å². The van der Waals surface area contributed by atoms with Crippen LogP contribution in [0, 0.1) is 0 Å². The van der Waals surface area contributed by atoms with Gasteiger partial charge in [-0.15, -0.1) is 11.3 Å². The molecule has 0 atom stereocenters. The minimum atomic E-state index is -0.971. The van der Waals surface area contributed by atoms with Gasteiger partial charge in [0.25, 0.3) is 0 Å². The lowest BCUT2D eigenvalue weighted by molar-refractivity contribution is 0.0699. The van der Waals surface area contributed by atoms with Crippen molar-refractivity contribution in [1.29, 1.82) is 0 Å². The highest BCUT2D eigenvalue weighted by molar-refractivity contribution is 7.18. The van der Waals surface area contributed by atoms with Crippen molar-refractivity contribution in [3.05, 3.63) is 28.2 Å². The van der Waals surface area contributed by atoms with E-state index in [1.54, 1.807) is 11.4 Å². The van der Waals surface area contributed by atoms with Crippen LogP contribution < -0.4 is 0 Å². The van der Waals surface area contributed by atoms with Crippen LogP contribution in [0.3, 0.4) is 0 Å². The van der Waals surface area contributed by atoms with Crippen LogP contribution in [0.4, 0.5) is 0 Å². The number of fused-ring (bicyclic) bond motifs is 1. The Balaban J connectivity index is 2.83. The summed E-state index contributed by atoms with van der Waals surface area (Å²) in [4.78, 5) is 14.7. The lowest BCUT2D eigenvalue weighted by Crippen LogP contribution is -1.94. The molecule has 0 saturated carbocycles. The second-order valence-corrected chi connectivity index (χ2v) is 3.71. The van der Waals surface area contributed by atoms with Crippen molar-refractivity contribution in [2.24, 2.45) is 0 Å². The first-order valence-corrected chi connectivity index (χ1v) is 4.71. The molecule has 1 N–H and O–H groups in total. The summed E-state index contributed by atoms with van der Waals surface area (Å²) >= 11 is 7.15. The molecule has 0 aliphatic rings. The van der Waals surface area contributed by atoms with Gasteiger partial charge in [-0.1, -0.05) is 11.6 Å². The number of hydrogen-bond donors (Lipinski definition) is 1. The van der Waals surface area contributed by atoms with Crippen LogP contribution in [0.2, 0.25) is 5.02 Å². The maximum absolute atomic E-state index is 10.7. The van der Waals surface area contributed by atoms with Crippen molar-refractivity contribution >= 4 is 39.1 Å². The fraction of sp³-hybridized carbons (Fsp3) is 0. The molecule has 0 radical (unpaired) electrons. The zero-order chi connectivity index (χ0) is 9.42. The Morgan fingerprint density at radius 1 is 1.62 bits per heavy atom. The number of carbonyl (C=O) groups is 1. The molecule has 0 saturated heterocycles. The van der Waals surface area contributed by atoms with Gasteiger partial charge in [-0.25, -0.2) is 4.79 Å². The average Bonchev–Trinajstić information content (AvgIpc) is 2.48. The van der Waals surface area contributed by atoms with Crippen molar-refractivity contribution in [3.63, 3.8) is 0 Å². The van der Waals surface area contributed by atoms with Crippen LogP contribution in [0.15, 0.2) is 17.6 Å². The molecule has 0 amide bonds. The highest BCUT2D eigenvalue weighted by atomic mass is 35.5.